The molecule has 0 aliphatic carbocycles. The lowest BCUT2D eigenvalue weighted by atomic mass is 10.0. The molecule has 1 atom stereocenters. The Morgan fingerprint density at radius 3 is 2.62 bits per heavy atom. The number of hydrogen-bond acceptors (Lipinski definition) is 1. The van der Waals surface area contributed by atoms with Crippen LogP contribution in [0.2, 0.25) is 0 Å². The second-order valence-corrected chi connectivity index (χ2v) is 3.03. The predicted molar refractivity (Wildman–Crippen MR) is 51.1 cm³/mol. The van der Waals surface area contributed by atoms with Crippen LogP contribution < -0.4 is 0 Å². The zero-order valence-corrected chi connectivity index (χ0v) is 8.09. The Morgan fingerprint density at radius 1 is 1.38 bits per heavy atom. The molecule has 0 amide bonds. The number of hydrogen-bond donors (Lipinski definition) is 0. The van der Waals surface area contributed by atoms with Gasteiger partial charge in [-0.2, -0.15) is 0 Å². The molecule has 0 aliphatic heterocycles. The SMILES string of the molecule is CCCC(OC)c1ccccc1F. The molecule has 0 aliphatic rings. The summed E-state index contributed by atoms with van der Waals surface area (Å²) >= 11 is 0. The van der Waals surface area contributed by atoms with Crippen LogP contribution in [0, 0.1) is 5.82 Å². The van der Waals surface area contributed by atoms with Gasteiger partial charge < -0.3 is 4.74 Å². The summed E-state index contributed by atoms with van der Waals surface area (Å²) in [5.74, 6) is -0.178. The van der Waals surface area contributed by atoms with Crippen molar-refractivity contribution in [3.8, 4) is 0 Å². The molecule has 0 saturated heterocycles. The molecular weight excluding hydrogens is 167 g/mol. The van der Waals surface area contributed by atoms with E-state index < -0.39 is 0 Å². The second kappa shape index (κ2) is 4.97. The van der Waals surface area contributed by atoms with Crippen LogP contribution in [-0.4, -0.2) is 7.11 Å². The maximum atomic E-state index is 13.3. The van der Waals surface area contributed by atoms with E-state index in [4.69, 9.17) is 4.74 Å². The number of ether oxygens (including phenoxy) is 1. The molecule has 1 nitrogen and oxygen atoms in total. The first-order valence-corrected chi connectivity index (χ1v) is 4.56. The van der Waals surface area contributed by atoms with Gasteiger partial charge in [0, 0.05) is 12.7 Å². The van der Waals surface area contributed by atoms with Crippen molar-refractivity contribution in [3.63, 3.8) is 0 Å². The summed E-state index contributed by atoms with van der Waals surface area (Å²) in [5, 5.41) is 0. The van der Waals surface area contributed by atoms with Crippen molar-refractivity contribution in [2.75, 3.05) is 7.11 Å². The third-order valence-electron chi connectivity index (χ3n) is 2.09. The van der Waals surface area contributed by atoms with Gasteiger partial charge in [-0.25, -0.2) is 4.39 Å². The van der Waals surface area contributed by atoms with Gasteiger partial charge in [-0.3, -0.25) is 0 Å². The standard InChI is InChI=1S/C11H15FO/c1-3-6-11(13-2)9-7-4-5-8-10(9)12/h4-5,7-8,11H,3,6H2,1-2H3. The topological polar surface area (TPSA) is 9.23 Å². The monoisotopic (exact) mass is 182 g/mol. The number of rotatable bonds is 4. The fourth-order valence-corrected chi connectivity index (χ4v) is 1.40. The minimum absolute atomic E-state index is 0.105. The van der Waals surface area contributed by atoms with Crippen LogP contribution in [0.1, 0.15) is 31.4 Å². The molecule has 1 rings (SSSR count). The number of halogens is 1. The first-order valence-electron chi connectivity index (χ1n) is 4.56. The van der Waals surface area contributed by atoms with Crippen molar-refractivity contribution in [2.45, 2.75) is 25.9 Å². The Morgan fingerprint density at radius 2 is 2.08 bits per heavy atom. The molecular formula is C11H15FO. The van der Waals surface area contributed by atoms with Crippen LogP contribution >= 0.6 is 0 Å². The fourth-order valence-electron chi connectivity index (χ4n) is 1.40. The van der Waals surface area contributed by atoms with E-state index in [9.17, 15) is 4.39 Å². The molecule has 0 saturated carbocycles. The van der Waals surface area contributed by atoms with E-state index in [0.717, 1.165) is 12.8 Å². The lowest BCUT2D eigenvalue weighted by molar-refractivity contribution is 0.0919. The van der Waals surface area contributed by atoms with E-state index in [1.54, 1.807) is 19.2 Å². The van der Waals surface area contributed by atoms with Crippen LogP contribution in [0.4, 0.5) is 4.39 Å². The van der Waals surface area contributed by atoms with Crippen LogP contribution in [0.5, 0.6) is 0 Å². The highest BCUT2D eigenvalue weighted by Gasteiger charge is 2.12. The molecule has 0 radical (unpaired) electrons. The van der Waals surface area contributed by atoms with Gasteiger partial charge in [0.15, 0.2) is 0 Å². The minimum atomic E-state index is -0.178. The summed E-state index contributed by atoms with van der Waals surface area (Å²) in [6.45, 7) is 2.06. The van der Waals surface area contributed by atoms with E-state index in [-0.39, 0.29) is 11.9 Å². The summed E-state index contributed by atoms with van der Waals surface area (Å²) in [6, 6.07) is 6.77. The molecule has 0 aromatic heterocycles. The molecule has 0 N–H and O–H groups in total. The highest BCUT2D eigenvalue weighted by Crippen LogP contribution is 2.23. The molecule has 0 spiro atoms. The predicted octanol–water partition coefficient (Wildman–Crippen LogP) is 3.31. The van der Waals surface area contributed by atoms with E-state index in [2.05, 4.69) is 6.92 Å². The summed E-state index contributed by atoms with van der Waals surface area (Å²) < 4.78 is 18.5. The molecule has 2 heteroatoms. The average molecular weight is 182 g/mol. The quantitative estimate of drug-likeness (QED) is 0.694. The Labute approximate surface area is 78.5 Å². The van der Waals surface area contributed by atoms with Crippen molar-refractivity contribution >= 4 is 0 Å². The minimum Gasteiger partial charge on any atom is -0.377 e. The zero-order chi connectivity index (χ0) is 9.68. The van der Waals surface area contributed by atoms with Gasteiger partial charge in [-0.15, -0.1) is 0 Å². The second-order valence-electron chi connectivity index (χ2n) is 3.03. The van der Waals surface area contributed by atoms with Crippen molar-refractivity contribution in [1.29, 1.82) is 0 Å². The third-order valence-corrected chi connectivity index (χ3v) is 2.09. The Bertz CT molecular complexity index is 260. The zero-order valence-electron chi connectivity index (χ0n) is 8.09. The first kappa shape index (κ1) is 10.2. The summed E-state index contributed by atoms with van der Waals surface area (Å²) in [4.78, 5) is 0. The molecule has 1 aromatic rings. The van der Waals surface area contributed by atoms with E-state index >= 15 is 0 Å². The lowest BCUT2D eigenvalue weighted by Crippen LogP contribution is -2.03. The van der Waals surface area contributed by atoms with Gasteiger partial charge in [0.05, 0.1) is 6.10 Å². The van der Waals surface area contributed by atoms with Crippen molar-refractivity contribution < 1.29 is 9.13 Å². The Kier molecular flexibility index (Phi) is 3.90. The van der Waals surface area contributed by atoms with Crippen LogP contribution in [-0.2, 0) is 4.74 Å². The third kappa shape index (κ3) is 2.52. The molecule has 0 bridgehead atoms. The Balaban J connectivity index is 2.84. The molecule has 1 unspecified atom stereocenters. The van der Waals surface area contributed by atoms with Crippen LogP contribution in [0.3, 0.4) is 0 Å². The Hall–Kier alpha value is -0.890. The van der Waals surface area contributed by atoms with Gasteiger partial charge in [0.2, 0.25) is 0 Å². The maximum Gasteiger partial charge on any atom is 0.129 e. The number of benzene rings is 1. The van der Waals surface area contributed by atoms with Crippen molar-refractivity contribution in [1.82, 2.24) is 0 Å². The summed E-state index contributed by atoms with van der Waals surface area (Å²) in [7, 11) is 1.62. The first-order chi connectivity index (χ1) is 6.29. The molecule has 1 aromatic carbocycles. The summed E-state index contributed by atoms with van der Waals surface area (Å²) in [6.07, 6.45) is 1.75. The lowest BCUT2D eigenvalue weighted by Gasteiger charge is -2.14. The normalized spacial score (nSPS) is 12.8. The fraction of sp³-hybridized carbons (Fsp3) is 0.455. The largest absolute Gasteiger partial charge is 0.377 e. The van der Waals surface area contributed by atoms with Gasteiger partial charge >= 0.3 is 0 Å². The van der Waals surface area contributed by atoms with Gasteiger partial charge in [-0.1, -0.05) is 31.5 Å². The van der Waals surface area contributed by atoms with Crippen LogP contribution in [0.15, 0.2) is 24.3 Å². The van der Waals surface area contributed by atoms with Gasteiger partial charge in [-0.05, 0) is 12.5 Å². The van der Waals surface area contributed by atoms with Crippen molar-refractivity contribution in [3.05, 3.63) is 35.6 Å². The summed E-state index contributed by atoms with van der Waals surface area (Å²) in [5.41, 5.74) is 0.659. The highest BCUT2D eigenvalue weighted by atomic mass is 19.1. The van der Waals surface area contributed by atoms with E-state index in [1.807, 2.05) is 6.07 Å². The molecule has 72 valence electrons. The average Bonchev–Trinajstić information content (AvgIpc) is 2.16. The number of methoxy groups -OCH3 is 1. The maximum absolute atomic E-state index is 13.3. The van der Waals surface area contributed by atoms with E-state index in [1.165, 1.54) is 6.07 Å². The van der Waals surface area contributed by atoms with E-state index in [0.29, 0.717) is 5.56 Å². The molecule has 0 heterocycles. The molecule has 13 heavy (non-hydrogen) atoms. The van der Waals surface area contributed by atoms with Gasteiger partial charge in [0.1, 0.15) is 5.82 Å². The van der Waals surface area contributed by atoms with Gasteiger partial charge in [0.25, 0.3) is 0 Å². The molecule has 0 fully saturated rings. The van der Waals surface area contributed by atoms with Crippen molar-refractivity contribution in [2.24, 2.45) is 0 Å². The highest BCUT2D eigenvalue weighted by molar-refractivity contribution is 5.19. The van der Waals surface area contributed by atoms with Crippen LogP contribution in [0.25, 0.3) is 0 Å². The smallest absolute Gasteiger partial charge is 0.129 e.